The Hall–Kier alpha value is -0.780. The van der Waals surface area contributed by atoms with Crippen LogP contribution in [0, 0.1) is 3.57 Å². The molecule has 1 amide bonds. The van der Waals surface area contributed by atoms with E-state index in [1.807, 2.05) is 20.8 Å². The number of rotatable bonds is 2. The van der Waals surface area contributed by atoms with Gasteiger partial charge < -0.3 is 10.1 Å². The third kappa shape index (κ3) is 3.86. The number of benzene rings is 1. The number of carbonyl (C=O) groups excluding carboxylic acids is 1. The summed E-state index contributed by atoms with van der Waals surface area (Å²) >= 11 is 2.29. The van der Waals surface area contributed by atoms with Gasteiger partial charge in [0, 0.05) is 15.5 Å². The van der Waals surface area contributed by atoms with E-state index in [1.54, 1.807) is 0 Å². The highest BCUT2D eigenvalue weighted by molar-refractivity contribution is 14.1. The topological polar surface area (TPSA) is 38.3 Å². The van der Waals surface area contributed by atoms with Crippen LogP contribution in [0.15, 0.2) is 24.3 Å². The normalized spacial score (nSPS) is 22.4. The first-order chi connectivity index (χ1) is 8.35. The van der Waals surface area contributed by atoms with Gasteiger partial charge in [-0.1, -0.05) is 12.1 Å². The van der Waals surface area contributed by atoms with E-state index < -0.39 is 5.60 Å². The lowest BCUT2D eigenvalue weighted by atomic mass is 10.1. The SMILES string of the molecule is CC(C)(C)OC(=O)N[C@@H]1C[C@H]1c1ccc(I)cc1. The molecule has 1 aliphatic carbocycles. The minimum atomic E-state index is -0.433. The van der Waals surface area contributed by atoms with Crippen LogP contribution in [0.25, 0.3) is 0 Å². The molecular formula is C14H18INO2. The molecule has 1 fully saturated rings. The van der Waals surface area contributed by atoms with Gasteiger partial charge in [0.05, 0.1) is 0 Å². The van der Waals surface area contributed by atoms with Crippen molar-refractivity contribution in [2.24, 2.45) is 0 Å². The molecule has 1 aromatic rings. The van der Waals surface area contributed by atoms with Crippen LogP contribution in [0.1, 0.15) is 38.7 Å². The summed E-state index contributed by atoms with van der Waals surface area (Å²) in [5, 5.41) is 2.91. The summed E-state index contributed by atoms with van der Waals surface area (Å²) in [6.45, 7) is 5.61. The fourth-order valence-electron chi connectivity index (χ4n) is 1.89. The highest BCUT2D eigenvalue weighted by Crippen LogP contribution is 2.40. The van der Waals surface area contributed by atoms with Crippen molar-refractivity contribution in [1.82, 2.24) is 5.32 Å². The number of alkyl carbamates (subject to hydrolysis) is 1. The Balaban J connectivity index is 1.85. The third-order valence-electron chi connectivity index (χ3n) is 2.79. The van der Waals surface area contributed by atoms with Crippen LogP contribution in [0.2, 0.25) is 0 Å². The lowest BCUT2D eigenvalue weighted by Gasteiger charge is -2.19. The Kier molecular flexibility index (Phi) is 3.84. The van der Waals surface area contributed by atoms with E-state index in [4.69, 9.17) is 4.74 Å². The van der Waals surface area contributed by atoms with Gasteiger partial charge in [0.2, 0.25) is 0 Å². The maximum atomic E-state index is 11.6. The van der Waals surface area contributed by atoms with Crippen LogP contribution in [-0.2, 0) is 4.74 Å². The molecule has 0 aliphatic heterocycles. The summed E-state index contributed by atoms with van der Waals surface area (Å²) in [5.74, 6) is 0.439. The summed E-state index contributed by atoms with van der Waals surface area (Å²) in [6.07, 6.45) is 0.681. The van der Waals surface area contributed by atoms with Crippen molar-refractivity contribution < 1.29 is 9.53 Å². The number of amides is 1. The first-order valence-corrected chi connectivity index (χ1v) is 7.18. The minimum absolute atomic E-state index is 0.222. The number of carbonyl (C=O) groups is 1. The average molecular weight is 359 g/mol. The molecule has 1 aromatic carbocycles. The van der Waals surface area contributed by atoms with Gasteiger partial charge in [0.25, 0.3) is 0 Å². The molecule has 0 unspecified atom stereocenters. The van der Waals surface area contributed by atoms with Crippen molar-refractivity contribution in [3.8, 4) is 0 Å². The summed E-state index contributed by atoms with van der Waals surface area (Å²) in [6, 6.07) is 8.67. The molecule has 0 saturated heterocycles. The van der Waals surface area contributed by atoms with Crippen molar-refractivity contribution in [3.05, 3.63) is 33.4 Å². The second-order valence-electron chi connectivity index (χ2n) is 5.65. The highest BCUT2D eigenvalue weighted by atomic mass is 127. The van der Waals surface area contributed by atoms with Gasteiger partial charge in [-0.15, -0.1) is 0 Å². The van der Waals surface area contributed by atoms with Gasteiger partial charge in [0.1, 0.15) is 5.60 Å². The van der Waals surface area contributed by atoms with Crippen LogP contribution < -0.4 is 5.32 Å². The smallest absolute Gasteiger partial charge is 0.407 e. The molecule has 0 aromatic heterocycles. The van der Waals surface area contributed by atoms with Crippen molar-refractivity contribution >= 4 is 28.7 Å². The zero-order valence-corrected chi connectivity index (χ0v) is 13.0. The molecule has 18 heavy (non-hydrogen) atoms. The lowest BCUT2D eigenvalue weighted by Crippen LogP contribution is -2.34. The molecule has 1 N–H and O–H groups in total. The van der Waals surface area contributed by atoms with Gasteiger partial charge in [0.15, 0.2) is 0 Å². The largest absolute Gasteiger partial charge is 0.444 e. The fourth-order valence-corrected chi connectivity index (χ4v) is 2.25. The van der Waals surface area contributed by atoms with Gasteiger partial charge in [-0.2, -0.15) is 0 Å². The Labute approximate surface area is 121 Å². The number of hydrogen-bond acceptors (Lipinski definition) is 2. The molecule has 1 saturated carbocycles. The quantitative estimate of drug-likeness (QED) is 0.819. The predicted molar refractivity (Wildman–Crippen MR) is 79.7 cm³/mol. The van der Waals surface area contributed by atoms with Crippen molar-refractivity contribution in [1.29, 1.82) is 0 Å². The molecule has 0 radical (unpaired) electrons. The van der Waals surface area contributed by atoms with Crippen molar-refractivity contribution in [3.63, 3.8) is 0 Å². The first-order valence-electron chi connectivity index (χ1n) is 6.10. The first kappa shape index (κ1) is 13.6. The van der Waals surface area contributed by atoms with E-state index in [1.165, 1.54) is 9.13 Å². The van der Waals surface area contributed by atoms with Crippen LogP contribution in [-0.4, -0.2) is 17.7 Å². The molecule has 2 atom stereocenters. The van der Waals surface area contributed by atoms with Gasteiger partial charge in [-0.3, -0.25) is 0 Å². The van der Waals surface area contributed by atoms with E-state index >= 15 is 0 Å². The lowest BCUT2D eigenvalue weighted by molar-refractivity contribution is 0.0523. The van der Waals surface area contributed by atoms with Crippen LogP contribution >= 0.6 is 22.6 Å². The Morgan fingerprint density at radius 2 is 1.94 bits per heavy atom. The summed E-state index contributed by atoms with van der Waals surface area (Å²) < 4.78 is 6.47. The number of nitrogens with one attached hydrogen (secondary N) is 1. The Morgan fingerprint density at radius 1 is 1.33 bits per heavy atom. The van der Waals surface area contributed by atoms with Crippen LogP contribution in [0.5, 0.6) is 0 Å². The Bertz CT molecular complexity index is 436. The molecule has 1 aliphatic rings. The molecule has 4 heteroatoms. The van der Waals surface area contributed by atoms with E-state index in [9.17, 15) is 4.79 Å². The molecule has 0 spiro atoms. The molecule has 0 bridgehead atoms. The summed E-state index contributed by atoms with van der Waals surface area (Å²) in [5.41, 5.74) is 0.855. The van der Waals surface area contributed by atoms with Gasteiger partial charge >= 0.3 is 6.09 Å². The zero-order valence-electron chi connectivity index (χ0n) is 10.9. The zero-order chi connectivity index (χ0) is 13.3. The standard InChI is InChI=1S/C14H18INO2/c1-14(2,3)18-13(17)16-12-8-11(12)9-4-6-10(15)7-5-9/h4-7,11-12H,8H2,1-3H3,(H,16,17)/t11-,12+/m0/s1. The van der Waals surface area contributed by atoms with Gasteiger partial charge in [-0.25, -0.2) is 4.79 Å². The third-order valence-corrected chi connectivity index (χ3v) is 3.51. The number of ether oxygens (including phenoxy) is 1. The second-order valence-corrected chi connectivity index (χ2v) is 6.89. The second kappa shape index (κ2) is 5.07. The average Bonchev–Trinajstić information content (AvgIpc) is 2.95. The molecule has 0 heterocycles. The van der Waals surface area contributed by atoms with Crippen LogP contribution in [0.3, 0.4) is 0 Å². The van der Waals surface area contributed by atoms with Crippen molar-refractivity contribution in [2.75, 3.05) is 0 Å². The molecule has 3 nitrogen and oxygen atoms in total. The van der Waals surface area contributed by atoms with Crippen molar-refractivity contribution in [2.45, 2.75) is 44.8 Å². The van der Waals surface area contributed by atoms with Gasteiger partial charge in [-0.05, 0) is 67.5 Å². The maximum absolute atomic E-state index is 11.6. The van der Waals surface area contributed by atoms with E-state index in [-0.39, 0.29) is 12.1 Å². The minimum Gasteiger partial charge on any atom is -0.444 e. The van der Waals surface area contributed by atoms with Crippen LogP contribution in [0.4, 0.5) is 4.79 Å². The summed E-state index contributed by atoms with van der Waals surface area (Å²) in [4.78, 5) is 11.6. The molecule has 2 rings (SSSR count). The fraction of sp³-hybridized carbons (Fsp3) is 0.500. The molecule has 98 valence electrons. The monoisotopic (exact) mass is 359 g/mol. The summed E-state index contributed by atoms with van der Waals surface area (Å²) in [7, 11) is 0. The van der Waals surface area contributed by atoms with E-state index in [2.05, 4.69) is 52.2 Å². The number of halogens is 1. The van der Waals surface area contributed by atoms with E-state index in [0.717, 1.165) is 6.42 Å². The maximum Gasteiger partial charge on any atom is 0.407 e. The predicted octanol–water partition coefficient (Wildman–Crippen LogP) is 3.67. The number of hydrogen-bond donors (Lipinski definition) is 1. The van der Waals surface area contributed by atoms with E-state index in [0.29, 0.717) is 5.92 Å². The highest BCUT2D eigenvalue weighted by Gasteiger charge is 2.40. The molecular weight excluding hydrogens is 341 g/mol. The Morgan fingerprint density at radius 3 is 2.50 bits per heavy atom.